The molecule has 2 heterocycles. The zero-order valence-electron chi connectivity index (χ0n) is 20.0. The molecule has 34 heavy (non-hydrogen) atoms. The van der Waals surface area contributed by atoms with Gasteiger partial charge in [0.15, 0.2) is 0 Å². The topological polar surface area (TPSA) is 44.6 Å². The minimum atomic E-state index is -0.298. The van der Waals surface area contributed by atoms with Crippen LogP contribution < -0.4 is 4.90 Å². The summed E-state index contributed by atoms with van der Waals surface area (Å²) in [6, 6.07) is 14.0. The number of piperazine rings is 1. The Morgan fingerprint density at radius 3 is 2.53 bits per heavy atom. The van der Waals surface area contributed by atoms with Crippen LogP contribution in [0.15, 0.2) is 53.0 Å². The van der Waals surface area contributed by atoms with Gasteiger partial charge >= 0.3 is 0 Å². The van der Waals surface area contributed by atoms with Gasteiger partial charge in [0.1, 0.15) is 11.6 Å². The van der Waals surface area contributed by atoms with Gasteiger partial charge in [-0.15, -0.1) is 0 Å². The molecule has 0 aliphatic carbocycles. The molecular weight excluding hydrogens is 497 g/mol. The van der Waals surface area contributed by atoms with Gasteiger partial charge in [0.05, 0.1) is 23.5 Å². The van der Waals surface area contributed by atoms with E-state index in [4.69, 9.17) is 5.10 Å². The number of carbonyl (C=O) groups is 1. The second kappa shape index (κ2) is 10.7. The molecule has 0 radical (unpaired) electrons. The van der Waals surface area contributed by atoms with Gasteiger partial charge in [0.2, 0.25) is 0 Å². The molecule has 0 bridgehead atoms. The Bertz CT molecular complexity index is 1160. The van der Waals surface area contributed by atoms with Gasteiger partial charge in [0.25, 0.3) is 5.91 Å². The number of hydrogen-bond acceptors (Lipinski definition) is 4. The van der Waals surface area contributed by atoms with Crippen LogP contribution in [0.1, 0.15) is 35.0 Å². The SMILES string of the molecule is CCCN(Cc1c(C)nn(-c2cccc(F)c2)c1N1CCN(C)CC1)C(=O)c1ccccc1Br. The summed E-state index contributed by atoms with van der Waals surface area (Å²) in [6.07, 6.45) is 0.844. The summed E-state index contributed by atoms with van der Waals surface area (Å²) in [4.78, 5) is 20.0. The van der Waals surface area contributed by atoms with Crippen molar-refractivity contribution in [1.29, 1.82) is 0 Å². The van der Waals surface area contributed by atoms with Crippen LogP contribution in [-0.2, 0) is 6.54 Å². The smallest absolute Gasteiger partial charge is 0.255 e. The average molecular weight is 528 g/mol. The Morgan fingerprint density at radius 1 is 1.12 bits per heavy atom. The molecule has 1 aromatic heterocycles. The molecule has 180 valence electrons. The maximum absolute atomic E-state index is 14.1. The molecular formula is C26H31BrFN5O. The minimum absolute atomic E-state index is 0.0171. The number of aryl methyl sites for hydroxylation is 1. The highest BCUT2D eigenvalue weighted by atomic mass is 79.9. The number of aromatic nitrogens is 2. The third-order valence-electron chi connectivity index (χ3n) is 6.25. The van der Waals surface area contributed by atoms with Crippen molar-refractivity contribution in [2.24, 2.45) is 0 Å². The minimum Gasteiger partial charge on any atom is -0.354 e. The summed E-state index contributed by atoms with van der Waals surface area (Å²) in [5.41, 5.74) is 3.18. The molecule has 1 fully saturated rings. The number of hydrogen-bond donors (Lipinski definition) is 0. The highest BCUT2D eigenvalue weighted by Crippen LogP contribution is 2.31. The van der Waals surface area contributed by atoms with Crippen LogP contribution in [0.2, 0.25) is 0 Å². The van der Waals surface area contributed by atoms with Gasteiger partial charge in [-0.05, 0) is 66.7 Å². The molecule has 0 N–H and O–H groups in total. The Hall–Kier alpha value is -2.71. The summed E-state index contributed by atoms with van der Waals surface area (Å²) in [7, 11) is 2.12. The normalized spacial score (nSPS) is 14.4. The zero-order valence-corrected chi connectivity index (χ0v) is 21.6. The van der Waals surface area contributed by atoms with Crippen LogP contribution in [0.3, 0.4) is 0 Å². The number of anilines is 1. The monoisotopic (exact) mass is 527 g/mol. The lowest BCUT2D eigenvalue weighted by atomic mass is 10.1. The number of carbonyl (C=O) groups excluding carboxylic acids is 1. The second-order valence-corrected chi connectivity index (χ2v) is 9.63. The first-order chi connectivity index (χ1) is 16.4. The zero-order chi connectivity index (χ0) is 24.2. The lowest BCUT2D eigenvalue weighted by molar-refractivity contribution is 0.0742. The summed E-state index contributed by atoms with van der Waals surface area (Å²) in [6.45, 7) is 8.67. The Kier molecular flexibility index (Phi) is 7.68. The lowest BCUT2D eigenvalue weighted by Crippen LogP contribution is -2.45. The average Bonchev–Trinajstić information content (AvgIpc) is 3.15. The van der Waals surface area contributed by atoms with Crippen molar-refractivity contribution in [3.8, 4) is 5.69 Å². The van der Waals surface area contributed by atoms with Gasteiger partial charge in [-0.2, -0.15) is 5.10 Å². The van der Waals surface area contributed by atoms with Crippen LogP contribution >= 0.6 is 15.9 Å². The van der Waals surface area contributed by atoms with Crippen molar-refractivity contribution < 1.29 is 9.18 Å². The maximum Gasteiger partial charge on any atom is 0.255 e. The van der Waals surface area contributed by atoms with Crippen molar-refractivity contribution in [1.82, 2.24) is 19.6 Å². The number of nitrogens with zero attached hydrogens (tertiary/aromatic N) is 5. The van der Waals surface area contributed by atoms with Crippen molar-refractivity contribution in [3.63, 3.8) is 0 Å². The molecule has 0 saturated carbocycles. The Morgan fingerprint density at radius 2 is 1.85 bits per heavy atom. The van der Waals surface area contributed by atoms with Gasteiger partial charge in [-0.3, -0.25) is 4.79 Å². The first-order valence-electron chi connectivity index (χ1n) is 11.7. The summed E-state index contributed by atoms with van der Waals surface area (Å²) >= 11 is 3.53. The molecule has 2 aromatic carbocycles. The number of likely N-dealkylation sites (N-methyl/N-ethyl adjacent to an activating group) is 1. The lowest BCUT2D eigenvalue weighted by Gasteiger charge is -2.35. The number of halogens is 2. The molecule has 0 unspecified atom stereocenters. The van der Waals surface area contributed by atoms with Crippen molar-refractivity contribution >= 4 is 27.7 Å². The largest absolute Gasteiger partial charge is 0.354 e. The predicted molar refractivity (Wildman–Crippen MR) is 137 cm³/mol. The molecule has 1 saturated heterocycles. The number of amides is 1. The van der Waals surface area contributed by atoms with Crippen molar-refractivity contribution in [2.45, 2.75) is 26.8 Å². The fourth-order valence-electron chi connectivity index (χ4n) is 4.38. The molecule has 8 heteroatoms. The van der Waals surface area contributed by atoms with Gasteiger partial charge in [0, 0.05) is 42.8 Å². The molecule has 0 spiro atoms. The van der Waals surface area contributed by atoms with Crippen LogP contribution in [0.5, 0.6) is 0 Å². The van der Waals surface area contributed by atoms with E-state index in [9.17, 15) is 9.18 Å². The number of rotatable bonds is 7. The Balaban J connectivity index is 1.76. The molecule has 4 rings (SSSR count). The van der Waals surface area contributed by atoms with Crippen LogP contribution in [-0.4, -0.2) is 65.3 Å². The van der Waals surface area contributed by atoms with E-state index in [1.165, 1.54) is 12.1 Å². The van der Waals surface area contributed by atoms with E-state index in [-0.39, 0.29) is 11.7 Å². The van der Waals surface area contributed by atoms with E-state index in [0.29, 0.717) is 24.3 Å². The van der Waals surface area contributed by atoms with Crippen LogP contribution in [0.25, 0.3) is 5.69 Å². The first-order valence-corrected chi connectivity index (χ1v) is 12.5. The van der Waals surface area contributed by atoms with E-state index >= 15 is 0 Å². The van der Waals surface area contributed by atoms with E-state index in [2.05, 4.69) is 39.7 Å². The summed E-state index contributed by atoms with van der Waals surface area (Å²) in [5.74, 6) is 0.627. The van der Waals surface area contributed by atoms with E-state index in [1.807, 2.05) is 46.8 Å². The third kappa shape index (κ3) is 5.18. The van der Waals surface area contributed by atoms with Gasteiger partial charge < -0.3 is 14.7 Å². The Labute approximate surface area is 209 Å². The van der Waals surface area contributed by atoms with Gasteiger partial charge in [-0.1, -0.05) is 25.1 Å². The highest BCUT2D eigenvalue weighted by molar-refractivity contribution is 9.10. The summed E-state index contributed by atoms with van der Waals surface area (Å²) < 4.78 is 16.7. The predicted octanol–water partition coefficient (Wildman–Crippen LogP) is 4.89. The van der Waals surface area contributed by atoms with E-state index in [0.717, 1.165) is 54.1 Å². The summed E-state index contributed by atoms with van der Waals surface area (Å²) in [5, 5.41) is 4.83. The molecule has 1 aliphatic heterocycles. The third-order valence-corrected chi connectivity index (χ3v) is 6.94. The van der Waals surface area contributed by atoms with E-state index < -0.39 is 0 Å². The maximum atomic E-state index is 14.1. The fourth-order valence-corrected chi connectivity index (χ4v) is 4.84. The quantitative estimate of drug-likeness (QED) is 0.439. The molecule has 3 aromatic rings. The molecule has 1 amide bonds. The van der Waals surface area contributed by atoms with Gasteiger partial charge in [-0.25, -0.2) is 9.07 Å². The first kappa shape index (κ1) is 24.4. The van der Waals surface area contributed by atoms with E-state index in [1.54, 1.807) is 6.07 Å². The van der Waals surface area contributed by atoms with Crippen LogP contribution in [0, 0.1) is 12.7 Å². The second-order valence-electron chi connectivity index (χ2n) is 8.78. The van der Waals surface area contributed by atoms with Crippen molar-refractivity contribution in [2.75, 3.05) is 44.7 Å². The van der Waals surface area contributed by atoms with Crippen LogP contribution in [0.4, 0.5) is 10.2 Å². The molecule has 0 atom stereocenters. The molecule has 1 aliphatic rings. The number of benzene rings is 2. The fraction of sp³-hybridized carbons (Fsp3) is 0.385. The molecule has 6 nitrogen and oxygen atoms in total. The van der Waals surface area contributed by atoms with Crippen molar-refractivity contribution in [3.05, 3.63) is 75.6 Å². The highest BCUT2D eigenvalue weighted by Gasteiger charge is 2.28. The standard InChI is InChI=1S/C26H31BrFN5O/c1-4-12-32(26(34)22-10-5-6-11-24(22)27)18-23-19(2)29-33(21-9-7-8-20(28)17-21)25(23)31-15-13-30(3)14-16-31/h5-11,17H,4,12-16,18H2,1-3H3.